The number of hydrogen-bond donors (Lipinski definition) is 1. The summed E-state index contributed by atoms with van der Waals surface area (Å²) in [4.78, 5) is 0. The zero-order valence-electron chi connectivity index (χ0n) is 13.4. The van der Waals surface area contributed by atoms with Gasteiger partial charge in [-0.15, -0.1) is 0 Å². The molecule has 21 heavy (non-hydrogen) atoms. The Balaban J connectivity index is 2.38. The van der Waals surface area contributed by atoms with Gasteiger partial charge in [0.15, 0.2) is 11.5 Å². The summed E-state index contributed by atoms with van der Waals surface area (Å²) in [7, 11) is 0. The van der Waals surface area contributed by atoms with Crippen molar-refractivity contribution in [2.24, 2.45) is 11.8 Å². The normalized spacial score (nSPS) is 17.4. The highest BCUT2D eigenvalue weighted by molar-refractivity contribution is 9.10. The largest absolute Gasteiger partial charge is 0.490 e. The van der Waals surface area contributed by atoms with E-state index in [-0.39, 0.29) is 0 Å². The summed E-state index contributed by atoms with van der Waals surface area (Å²) >= 11 is 3.71. The summed E-state index contributed by atoms with van der Waals surface area (Å²) < 4.78 is 12.7. The summed E-state index contributed by atoms with van der Waals surface area (Å²) in [5.74, 6) is 2.85. The standard InChI is InChI=1S/C17H26BrNO2/c1-5-19-17(12(4)11(2)3)13-9-15-16(10-14(13)18)21-8-6-7-20-15/h9-12,17,19H,5-8H2,1-4H3. The van der Waals surface area contributed by atoms with Crippen molar-refractivity contribution in [3.8, 4) is 11.5 Å². The molecule has 3 nitrogen and oxygen atoms in total. The third kappa shape index (κ3) is 3.92. The van der Waals surface area contributed by atoms with Crippen LogP contribution in [0.5, 0.6) is 11.5 Å². The predicted octanol–water partition coefficient (Wildman–Crippen LogP) is 4.55. The van der Waals surface area contributed by atoms with Crippen molar-refractivity contribution < 1.29 is 9.47 Å². The lowest BCUT2D eigenvalue weighted by Gasteiger charge is -2.29. The molecule has 0 amide bonds. The number of halogens is 1. The molecule has 0 aliphatic carbocycles. The van der Waals surface area contributed by atoms with Gasteiger partial charge in [-0.05, 0) is 36.1 Å². The van der Waals surface area contributed by atoms with Gasteiger partial charge in [0.25, 0.3) is 0 Å². The van der Waals surface area contributed by atoms with Crippen LogP contribution in [0.4, 0.5) is 0 Å². The highest BCUT2D eigenvalue weighted by atomic mass is 79.9. The molecular weight excluding hydrogens is 330 g/mol. The van der Waals surface area contributed by atoms with Crippen LogP contribution >= 0.6 is 15.9 Å². The Morgan fingerprint density at radius 1 is 1.14 bits per heavy atom. The van der Waals surface area contributed by atoms with E-state index in [0.29, 0.717) is 17.9 Å². The SMILES string of the molecule is CCNC(c1cc2c(cc1Br)OCCCO2)C(C)C(C)C. The summed E-state index contributed by atoms with van der Waals surface area (Å²) in [6.45, 7) is 11.4. The first kappa shape index (κ1) is 16.6. The van der Waals surface area contributed by atoms with Gasteiger partial charge >= 0.3 is 0 Å². The molecule has 2 unspecified atom stereocenters. The van der Waals surface area contributed by atoms with E-state index in [1.807, 2.05) is 6.07 Å². The molecule has 1 aromatic rings. The van der Waals surface area contributed by atoms with Gasteiger partial charge in [0.2, 0.25) is 0 Å². The molecule has 1 aromatic carbocycles. The second-order valence-corrected chi connectivity index (χ2v) is 6.86. The highest BCUT2D eigenvalue weighted by Crippen LogP contribution is 2.40. The zero-order chi connectivity index (χ0) is 15.4. The molecule has 1 aliphatic heterocycles. The monoisotopic (exact) mass is 355 g/mol. The molecule has 0 spiro atoms. The second kappa shape index (κ2) is 7.50. The lowest BCUT2D eigenvalue weighted by molar-refractivity contribution is 0.295. The van der Waals surface area contributed by atoms with Gasteiger partial charge in [-0.3, -0.25) is 0 Å². The summed E-state index contributed by atoms with van der Waals surface area (Å²) in [5, 5.41) is 3.62. The summed E-state index contributed by atoms with van der Waals surface area (Å²) in [6.07, 6.45) is 0.931. The molecule has 0 aromatic heterocycles. The van der Waals surface area contributed by atoms with E-state index in [4.69, 9.17) is 9.47 Å². The van der Waals surface area contributed by atoms with Crippen molar-refractivity contribution >= 4 is 15.9 Å². The molecule has 1 aliphatic rings. The van der Waals surface area contributed by atoms with E-state index in [1.165, 1.54) is 5.56 Å². The number of hydrogen-bond acceptors (Lipinski definition) is 3. The lowest BCUT2D eigenvalue weighted by Crippen LogP contribution is -2.29. The van der Waals surface area contributed by atoms with Crippen LogP contribution in [0.3, 0.4) is 0 Å². The van der Waals surface area contributed by atoms with Gasteiger partial charge in [-0.25, -0.2) is 0 Å². The van der Waals surface area contributed by atoms with Crippen LogP contribution < -0.4 is 14.8 Å². The fourth-order valence-corrected chi connectivity index (χ4v) is 3.19. The first-order chi connectivity index (χ1) is 10.0. The Morgan fingerprint density at radius 3 is 2.33 bits per heavy atom. The first-order valence-corrected chi connectivity index (χ1v) is 8.66. The van der Waals surface area contributed by atoms with Crippen LogP contribution in [0.15, 0.2) is 16.6 Å². The molecule has 4 heteroatoms. The molecule has 0 saturated heterocycles. The van der Waals surface area contributed by atoms with E-state index in [2.05, 4.69) is 55.0 Å². The first-order valence-electron chi connectivity index (χ1n) is 7.87. The average Bonchev–Trinajstić information content (AvgIpc) is 2.68. The summed E-state index contributed by atoms with van der Waals surface area (Å²) in [6, 6.07) is 4.49. The van der Waals surface area contributed by atoms with Crippen LogP contribution in [0.2, 0.25) is 0 Å². The molecular formula is C17H26BrNO2. The summed E-state index contributed by atoms with van der Waals surface area (Å²) in [5.41, 5.74) is 1.25. The number of nitrogens with one attached hydrogen (secondary N) is 1. The fourth-order valence-electron chi connectivity index (χ4n) is 2.62. The number of ether oxygens (including phenoxy) is 2. The highest BCUT2D eigenvalue weighted by Gasteiger charge is 2.25. The Labute approximate surface area is 136 Å². The smallest absolute Gasteiger partial charge is 0.162 e. The van der Waals surface area contributed by atoms with Crippen LogP contribution in [0.25, 0.3) is 0 Å². The number of benzene rings is 1. The van der Waals surface area contributed by atoms with Crippen molar-refractivity contribution in [2.45, 2.75) is 40.2 Å². The van der Waals surface area contributed by atoms with Gasteiger partial charge in [0.05, 0.1) is 13.2 Å². The zero-order valence-corrected chi connectivity index (χ0v) is 15.0. The van der Waals surface area contributed by atoms with E-state index >= 15 is 0 Å². The minimum atomic E-state index is 0.307. The van der Waals surface area contributed by atoms with Crippen molar-refractivity contribution in [3.05, 3.63) is 22.2 Å². The van der Waals surface area contributed by atoms with Gasteiger partial charge < -0.3 is 14.8 Å². The van der Waals surface area contributed by atoms with Gasteiger partial charge in [-0.1, -0.05) is 43.6 Å². The molecule has 0 fully saturated rings. The lowest BCUT2D eigenvalue weighted by atomic mass is 9.86. The van der Waals surface area contributed by atoms with E-state index in [0.717, 1.165) is 42.2 Å². The Kier molecular flexibility index (Phi) is 5.94. The number of rotatable bonds is 5. The van der Waals surface area contributed by atoms with Crippen molar-refractivity contribution in [1.29, 1.82) is 0 Å². The van der Waals surface area contributed by atoms with Crippen LogP contribution in [0.1, 0.15) is 45.7 Å². The van der Waals surface area contributed by atoms with Gasteiger partial charge in [0, 0.05) is 16.9 Å². The molecule has 2 atom stereocenters. The minimum Gasteiger partial charge on any atom is -0.490 e. The predicted molar refractivity (Wildman–Crippen MR) is 90.2 cm³/mol. The molecule has 2 rings (SSSR count). The molecule has 1 heterocycles. The van der Waals surface area contributed by atoms with Crippen molar-refractivity contribution in [3.63, 3.8) is 0 Å². The van der Waals surface area contributed by atoms with E-state index < -0.39 is 0 Å². The Hall–Kier alpha value is -0.740. The quantitative estimate of drug-likeness (QED) is 0.839. The van der Waals surface area contributed by atoms with E-state index in [1.54, 1.807) is 0 Å². The van der Waals surface area contributed by atoms with Crippen molar-refractivity contribution in [2.75, 3.05) is 19.8 Å². The van der Waals surface area contributed by atoms with Gasteiger partial charge in [-0.2, -0.15) is 0 Å². The molecule has 0 radical (unpaired) electrons. The Bertz CT molecular complexity index is 476. The minimum absolute atomic E-state index is 0.307. The second-order valence-electron chi connectivity index (χ2n) is 6.01. The third-order valence-electron chi connectivity index (χ3n) is 4.20. The average molecular weight is 356 g/mol. The molecule has 0 saturated carbocycles. The van der Waals surface area contributed by atoms with Gasteiger partial charge in [0.1, 0.15) is 0 Å². The van der Waals surface area contributed by atoms with Crippen LogP contribution in [-0.2, 0) is 0 Å². The van der Waals surface area contributed by atoms with Crippen molar-refractivity contribution in [1.82, 2.24) is 5.32 Å². The maximum Gasteiger partial charge on any atom is 0.162 e. The third-order valence-corrected chi connectivity index (χ3v) is 4.89. The Morgan fingerprint density at radius 2 is 1.76 bits per heavy atom. The topological polar surface area (TPSA) is 30.5 Å². The van der Waals surface area contributed by atoms with Crippen LogP contribution in [-0.4, -0.2) is 19.8 Å². The van der Waals surface area contributed by atoms with E-state index in [9.17, 15) is 0 Å². The maximum atomic E-state index is 5.84. The molecule has 118 valence electrons. The van der Waals surface area contributed by atoms with Crippen LogP contribution in [0, 0.1) is 11.8 Å². The maximum absolute atomic E-state index is 5.84. The molecule has 0 bridgehead atoms. The fraction of sp³-hybridized carbons (Fsp3) is 0.647. The number of fused-ring (bicyclic) bond motifs is 1. The molecule has 1 N–H and O–H groups in total.